The Morgan fingerprint density at radius 2 is 1.81 bits per heavy atom. The van der Waals surface area contributed by atoms with Crippen LogP contribution >= 0.6 is 38.9 Å². The molecule has 3 aromatic rings. The summed E-state index contributed by atoms with van der Waals surface area (Å²) in [6.07, 6.45) is -0.528. The third kappa shape index (κ3) is 6.56. The number of hydrogen-bond donors (Lipinski definition) is 1. The summed E-state index contributed by atoms with van der Waals surface area (Å²) >= 11 is 11.2. The van der Waals surface area contributed by atoms with Gasteiger partial charge < -0.3 is 14.6 Å². The molecule has 1 saturated heterocycles. The lowest BCUT2D eigenvalue weighted by molar-refractivity contribution is 0.0436. The fourth-order valence-electron chi connectivity index (χ4n) is 3.71. The SMILES string of the molecule is Cc1nc2cc(OC[C@H](O)CN3CCN(CCOc4ccc(Br)c(Cl)c4)CC3)ccc2s1. The topological polar surface area (TPSA) is 58.1 Å². The number of hydrogen-bond acceptors (Lipinski definition) is 7. The molecule has 1 aliphatic rings. The highest BCUT2D eigenvalue weighted by molar-refractivity contribution is 9.10. The smallest absolute Gasteiger partial charge is 0.121 e. The Balaban J connectivity index is 1.13. The molecule has 2 aromatic carbocycles. The Labute approximate surface area is 205 Å². The van der Waals surface area contributed by atoms with Crippen LogP contribution in [0.3, 0.4) is 0 Å². The van der Waals surface area contributed by atoms with Crippen LogP contribution in [0.1, 0.15) is 5.01 Å². The van der Waals surface area contributed by atoms with Gasteiger partial charge in [0, 0.05) is 49.8 Å². The van der Waals surface area contributed by atoms with Crippen LogP contribution in [0.4, 0.5) is 0 Å². The van der Waals surface area contributed by atoms with Crippen molar-refractivity contribution >= 4 is 49.1 Å². The van der Waals surface area contributed by atoms with Crippen LogP contribution in [0, 0.1) is 6.92 Å². The average Bonchev–Trinajstić information content (AvgIpc) is 3.15. The Kier molecular flexibility index (Phi) is 8.26. The summed E-state index contributed by atoms with van der Waals surface area (Å²) in [6.45, 7) is 8.13. The van der Waals surface area contributed by atoms with E-state index < -0.39 is 6.10 Å². The molecule has 0 spiro atoms. The number of aryl methyl sites for hydroxylation is 1. The van der Waals surface area contributed by atoms with E-state index in [1.165, 1.54) is 0 Å². The van der Waals surface area contributed by atoms with Crippen LogP contribution in [0.15, 0.2) is 40.9 Å². The zero-order valence-electron chi connectivity index (χ0n) is 18.0. The van der Waals surface area contributed by atoms with Crippen molar-refractivity contribution in [2.24, 2.45) is 0 Å². The lowest BCUT2D eigenvalue weighted by Gasteiger charge is -2.35. The van der Waals surface area contributed by atoms with Gasteiger partial charge in [-0.1, -0.05) is 11.6 Å². The number of benzene rings is 2. The summed E-state index contributed by atoms with van der Waals surface area (Å²) in [5.41, 5.74) is 0.947. The van der Waals surface area contributed by atoms with E-state index in [1.807, 2.05) is 43.3 Å². The molecule has 6 nitrogen and oxygen atoms in total. The molecule has 4 rings (SSSR count). The van der Waals surface area contributed by atoms with Crippen LogP contribution in [0.2, 0.25) is 5.02 Å². The van der Waals surface area contributed by atoms with E-state index in [4.69, 9.17) is 21.1 Å². The van der Waals surface area contributed by atoms with Crippen molar-refractivity contribution < 1.29 is 14.6 Å². The predicted octanol–water partition coefficient (Wildman–Crippen LogP) is 4.46. The second-order valence-electron chi connectivity index (χ2n) is 7.89. The maximum atomic E-state index is 10.4. The van der Waals surface area contributed by atoms with Gasteiger partial charge in [0.05, 0.1) is 20.2 Å². The largest absolute Gasteiger partial charge is 0.492 e. The lowest BCUT2D eigenvalue weighted by Crippen LogP contribution is -2.50. The Morgan fingerprint density at radius 1 is 1.09 bits per heavy atom. The molecule has 0 saturated carbocycles. The molecule has 0 radical (unpaired) electrons. The molecule has 9 heteroatoms. The molecule has 0 amide bonds. The van der Waals surface area contributed by atoms with Crippen LogP contribution in [-0.4, -0.2) is 78.5 Å². The van der Waals surface area contributed by atoms with E-state index >= 15 is 0 Å². The average molecular weight is 541 g/mol. The van der Waals surface area contributed by atoms with E-state index in [-0.39, 0.29) is 6.61 Å². The van der Waals surface area contributed by atoms with Gasteiger partial charge in [0.15, 0.2) is 0 Å². The first-order valence-corrected chi connectivity index (χ1v) is 12.7. The van der Waals surface area contributed by atoms with Gasteiger partial charge in [-0.3, -0.25) is 9.80 Å². The molecule has 172 valence electrons. The molecule has 1 N–H and O–H groups in total. The molecular formula is C23H27BrClN3O3S. The minimum atomic E-state index is -0.528. The van der Waals surface area contributed by atoms with E-state index in [0.29, 0.717) is 18.2 Å². The minimum Gasteiger partial charge on any atom is -0.492 e. The zero-order chi connectivity index (χ0) is 22.5. The summed E-state index contributed by atoms with van der Waals surface area (Å²) in [5.74, 6) is 1.53. The third-order valence-electron chi connectivity index (χ3n) is 5.41. The Hall–Kier alpha value is -1.42. The van der Waals surface area contributed by atoms with Crippen LogP contribution in [-0.2, 0) is 0 Å². The van der Waals surface area contributed by atoms with E-state index in [1.54, 1.807) is 11.3 Å². The number of β-amino-alcohol motifs (C(OH)–C–C–N with tert-alkyl or cyclic N) is 1. The summed E-state index contributed by atoms with van der Waals surface area (Å²) < 4.78 is 13.6. The molecule has 1 aliphatic heterocycles. The minimum absolute atomic E-state index is 0.276. The molecular weight excluding hydrogens is 514 g/mol. The van der Waals surface area contributed by atoms with Gasteiger partial charge in [-0.05, 0) is 53.2 Å². The fourth-order valence-corrected chi connectivity index (χ4v) is 4.93. The quantitative estimate of drug-likeness (QED) is 0.433. The van der Waals surface area contributed by atoms with Crippen molar-refractivity contribution in [3.8, 4) is 11.5 Å². The van der Waals surface area contributed by atoms with Crippen molar-refractivity contribution in [3.63, 3.8) is 0 Å². The van der Waals surface area contributed by atoms with Crippen LogP contribution < -0.4 is 9.47 Å². The molecule has 32 heavy (non-hydrogen) atoms. The summed E-state index contributed by atoms with van der Waals surface area (Å²) in [7, 11) is 0. The summed E-state index contributed by atoms with van der Waals surface area (Å²) in [4.78, 5) is 9.16. The maximum absolute atomic E-state index is 10.4. The predicted molar refractivity (Wildman–Crippen MR) is 133 cm³/mol. The molecule has 1 aromatic heterocycles. The third-order valence-corrected chi connectivity index (χ3v) is 7.59. The van der Waals surface area contributed by atoms with Crippen molar-refractivity contribution in [3.05, 3.63) is 50.9 Å². The first kappa shape index (κ1) is 23.7. The van der Waals surface area contributed by atoms with E-state index in [9.17, 15) is 5.11 Å². The number of thiazole rings is 1. The van der Waals surface area contributed by atoms with Crippen molar-refractivity contribution in [2.75, 3.05) is 52.5 Å². The second kappa shape index (κ2) is 11.1. The van der Waals surface area contributed by atoms with Gasteiger partial charge in [0.25, 0.3) is 0 Å². The Morgan fingerprint density at radius 3 is 2.59 bits per heavy atom. The van der Waals surface area contributed by atoms with Gasteiger partial charge in [0.1, 0.15) is 30.8 Å². The summed E-state index contributed by atoms with van der Waals surface area (Å²) in [5, 5.41) is 12.1. The van der Waals surface area contributed by atoms with Gasteiger partial charge in [-0.25, -0.2) is 4.98 Å². The number of aliphatic hydroxyl groups is 1. The number of fused-ring (bicyclic) bond motifs is 1. The molecule has 1 atom stereocenters. The maximum Gasteiger partial charge on any atom is 0.121 e. The highest BCUT2D eigenvalue weighted by atomic mass is 79.9. The monoisotopic (exact) mass is 539 g/mol. The van der Waals surface area contributed by atoms with Crippen molar-refractivity contribution in [1.82, 2.24) is 14.8 Å². The van der Waals surface area contributed by atoms with Crippen molar-refractivity contribution in [1.29, 1.82) is 0 Å². The second-order valence-corrected chi connectivity index (χ2v) is 10.4. The number of aliphatic hydroxyl groups excluding tert-OH is 1. The highest BCUT2D eigenvalue weighted by Crippen LogP contribution is 2.27. The van der Waals surface area contributed by atoms with Gasteiger partial charge >= 0.3 is 0 Å². The lowest BCUT2D eigenvalue weighted by atomic mass is 10.2. The molecule has 2 heterocycles. The zero-order valence-corrected chi connectivity index (χ0v) is 21.1. The number of piperazine rings is 1. The number of aromatic nitrogens is 1. The number of halogens is 2. The first-order valence-electron chi connectivity index (χ1n) is 10.7. The van der Waals surface area contributed by atoms with Crippen LogP contribution in [0.25, 0.3) is 10.2 Å². The standard InChI is InChI=1S/C23H27BrClN3O3S/c1-16-26-22-13-19(3-5-23(22)32-16)31-15-17(29)14-28-8-6-27(7-9-28)10-11-30-18-2-4-20(24)21(25)12-18/h2-5,12-13,17,29H,6-11,14-15H2,1H3/t17-/m1/s1. The van der Waals surface area contributed by atoms with Gasteiger partial charge in [-0.2, -0.15) is 0 Å². The van der Waals surface area contributed by atoms with E-state index in [2.05, 4.69) is 30.7 Å². The van der Waals surface area contributed by atoms with E-state index in [0.717, 1.165) is 63.9 Å². The summed E-state index contributed by atoms with van der Waals surface area (Å²) in [6, 6.07) is 11.5. The number of rotatable bonds is 9. The molecule has 0 bridgehead atoms. The first-order chi connectivity index (χ1) is 15.5. The van der Waals surface area contributed by atoms with Crippen molar-refractivity contribution in [2.45, 2.75) is 13.0 Å². The van der Waals surface area contributed by atoms with Crippen LogP contribution in [0.5, 0.6) is 11.5 Å². The molecule has 0 aliphatic carbocycles. The van der Waals surface area contributed by atoms with Gasteiger partial charge in [-0.15, -0.1) is 11.3 Å². The number of nitrogens with zero attached hydrogens (tertiary/aromatic N) is 3. The number of ether oxygens (including phenoxy) is 2. The molecule has 1 fully saturated rings. The highest BCUT2D eigenvalue weighted by Gasteiger charge is 2.19. The molecule has 0 unspecified atom stereocenters. The Bertz CT molecular complexity index is 1040. The fraction of sp³-hybridized carbons (Fsp3) is 0.435. The van der Waals surface area contributed by atoms with Gasteiger partial charge in [0.2, 0.25) is 0 Å². The normalized spacial score (nSPS) is 16.4.